The Bertz CT molecular complexity index is 416. The molecule has 0 aliphatic rings. The average Bonchev–Trinajstić information content (AvgIpc) is 2.29. The molecule has 1 heteroatoms. The molecule has 1 aromatic rings. The molecule has 92 valence electrons. The molecule has 0 unspecified atom stereocenters. The molecule has 0 radical (unpaired) electrons. The molecule has 0 bridgehead atoms. The van der Waals surface area contributed by atoms with E-state index in [1.165, 1.54) is 22.3 Å². The standard InChI is InChI=1S/C16H22S/c1-6-15-8-7-14(5)16(10-15)9-13(4)11-17-12(2)3/h7-8,10H,2,4,6,9,11H2,1,3,5H3. The molecule has 0 saturated carbocycles. The number of allylic oxidation sites excluding steroid dienone is 1. The SMILES string of the molecule is C=C(CSC(=C)C)Cc1cc(CC)ccc1C. The summed E-state index contributed by atoms with van der Waals surface area (Å²) in [5.74, 6) is 0.977. The summed E-state index contributed by atoms with van der Waals surface area (Å²) in [7, 11) is 0. The van der Waals surface area contributed by atoms with Gasteiger partial charge >= 0.3 is 0 Å². The predicted molar refractivity (Wildman–Crippen MR) is 80.7 cm³/mol. The molecule has 0 aromatic heterocycles. The lowest BCUT2D eigenvalue weighted by Gasteiger charge is -2.10. The van der Waals surface area contributed by atoms with Crippen molar-refractivity contribution in [3.05, 3.63) is 58.5 Å². The summed E-state index contributed by atoms with van der Waals surface area (Å²) in [6.07, 6.45) is 2.08. The van der Waals surface area contributed by atoms with Crippen molar-refractivity contribution >= 4 is 11.8 Å². The lowest BCUT2D eigenvalue weighted by atomic mass is 9.99. The summed E-state index contributed by atoms with van der Waals surface area (Å²) in [6, 6.07) is 6.74. The molecule has 0 heterocycles. The molecule has 0 nitrogen and oxygen atoms in total. The smallest absolute Gasteiger partial charge is 0.0187 e. The zero-order valence-corrected chi connectivity index (χ0v) is 12.0. The van der Waals surface area contributed by atoms with Crippen LogP contribution >= 0.6 is 11.8 Å². The predicted octanol–water partition coefficient (Wildman–Crippen LogP) is 4.92. The van der Waals surface area contributed by atoms with Gasteiger partial charge in [0.1, 0.15) is 0 Å². The fourth-order valence-corrected chi connectivity index (χ4v) is 2.23. The van der Waals surface area contributed by atoms with E-state index in [2.05, 4.69) is 45.2 Å². The Morgan fingerprint density at radius 2 is 2.00 bits per heavy atom. The van der Waals surface area contributed by atoms with Crippen molar-refractivity contribution in [3.63, 3.8) is 0 Å². The molecule has 1 rings (SSSR count). The molecule has 0 aliphatic carbocycles. The number of rotatable bonds is 6. The van der Waals surface area contributed by atoms with Crippen LogP contribution in [-0.4, -0.2) is 5.75 Å². The van der Waals surface area contributed by atoms with Gasteiger partial charge in [0.15, 0.2) is 0 Å². The zero-order chi connectivity index (χ0) is 12.8. The Morgan fingerprint density at radius 1 is 1.29 bits per heavy atom. The third kappa shape index (κ3) is 4.82. The van der Waals surface area contributed by atoms with Crippen LogP contribution in [0.4, 0.5) is 0 Å². The average molecular weight is 246 g/mol. The van der Waals surface area contributed by atoms with E-state index in [1.54, 1.807) is 11.8 Å². The molecule has 0 spiro atoms. The second-order valence-electron chi connectivity index (χ2n) is 4.53. The zero-order valence-electron chi connectivity index (χ0n) is 11.2. The highest BCUT2D eigenvalue weighted by molar-refractivity contribution is 8.03. The van der Waals surface area contributed by atoms with Crippen LogP contribution in [0.15, 0.2) is 41.8 Å². The van der Waals surface area contributed by atoms with Crippen molar-refractivity contribution in [2.24, 2.45) is 0 Å². The van der Waals surface area contributed by atoms with Crippen molar-refractivity contribution in [3.8, 4) is 0 Å². The first-order valence-corrected chi connectivity index (χ1v) is 7.04. The number of hydrogen-bond donors (Lipinski definition) is 0. The van der Waals surface area contributed by atoms with Crippen LogP contribution in [0.5, 0.6) is 0 Å². The van der Waals surface area contributed by atoms with Gasteiger partial charge in [-0.05, 0) is 48.3 Å². The second kappa shape index (κ2) is 6.70. The van der Waals surface area contributed by atoms with E-state index in [-0.39, 0.29) is 0 Å². The van der Waals surface area contributed by atoms with Crippen LogP contribution in [0, 0.1) is 6.92 Å². The molecule has 0 amide bonds. The van der Waals surface area contributed by atoms with Gasteiger partial charge in [-0.15, -0.1) is 11.8 Å². The van der Waals surface area contributed by atoms with Gasteiger partial charge in [-0.25, -0.2) is 0 Å². The van der Waals surface area contributed by atoms with Crippen molar-refractivity contribution in [1.82, 2.24) is 0 Å². The molecule has 0 atom stereocenters. The van der Waals surface area contributed by atoms with Crippen molar-refractivity contribution in [2.45, 2.75) is 33.6 Å². The summed E-state index contributed by atoms with van der Waals surface area (Å²) >= 11 is 1.78. The molecule has 0 N–H and O–H groups in total. The van der Waals surface area contributed by atoms with E-state index >= 15 is 0 Å². The monoisotopic (exact) mass is 246 g/mol. The number of aryl methyl sites for hydroxylation is 2. The number of thioether (sulfide) groups is 1. The molecule has 1 aromatic carbocycles. The summed E-state index contributed by atoms with van der Waals surface area (Å²) in [5.41, 5.74) is 5.46. The Morgan fingerprint density at radius 3 is 2.59 bits per heavy atom. The van der Waals surface area contributed by atoms with E-state index < -0.39 is 0 Å². The van der Waals surface area contributed by atoms with Crippen LogP contribution in [0.1, 0.15) is 30.5 Å². The quantitative estimate of drug-likeness (QED) is 0.642. The van der Waals surface area contributed by atoms with Crippen molar-refractivity contribution in [2.75, 3.05) is 5.75 Å². The summed E-state index contributed by atoms with van der Waals surface area (Å²) in [4.78, 5) is 1.16. The minimum absolute atomic E-state index is 0.977. The molecule has 0 saturated heterocycles. The van der Waals surface area contributed by atoms with Gasteiger partial charge in [0, 0.05) is 5.75 Å². The van der Waals surface area contributed by atoms with Crippen LogP contribution < -0.4 is 0 Å². The maximum absolute atomic E-state index is 4.16. The Kier molecular flexibility index (Phi) is 5.57. The van der Waals surface area contributed by atoms with Crippen LogP contribution in [0.25, 0.3) is 0 Å². The van der Waals surface area contributed by atoms with Gasteiger partial charge in [-0.1, -0.05) is 43.9 Å². The second-order valence-corrected chi connectivity index (χ2v) is 5.81. The van der Waals surface area contributed by atoms with Crippen LogP contribution in [0.3, 0.4) is 0 Å². The molecular weight excluding hydrogens is 224 g/mol. The topological polar surface area (TPSA) is 0 Å². The normalized spacial score (nSPS) is 10.3. The Balaban J connectivity index is 2.67. The van der Waals surface area contributed by atoms with Gasteiger partial charge < -0.3 is 0 Å². The number of hydrogen-bond acceptors (Lipinski definition) is 1. The first-order chi connectivity index (χ1) is 8.02. The van der Waals surface area contributed by atoms with Gasteiger partial charge in [0.25, 0.3) is 0 Å². The number of benzene rings is 1. The minimum Gasteiger partial charge on any atom is -0.127 e. The lowest BCUT2D eigenvalue weighted by molar-refractivity contribution is 1.08. The van der Waals surface area contributed by atoms with Gasteiger partial charge in [-0.3, -0.25) is 0 Å². The van der Waals surface area contributed by atoms with Gasteiger partial charge in [0.05, 0.1) is 0 Å². The first kappa shape index (κ1) is 14.1. The third-order valence-corrected chi connectivity index (χ3v) is 3.83. The van der Waals surface area contributed by atoms with Crippen LogP contribution in [0.2, 0.25) is 0 Å². The molecule has 17 heavy (non-hydrogen) atoms. The lowest BCUT2D eigenvalue weighted by Crippen LogP contribution is -1.96. The first-order valence-electron chi connectivity index (χ1n) is 6.06. The largest absolute Gasteiger partial charge is 0.127 e. The van der Waals surface area contributed by atoms with Crippen molar-refractivity contribution in [1.29, 1.82) is 0 Å². The highest BCUT2D eigenvalue weighted by Gasteiger charge is 2.03. The summed E-state index contributed by atoms with van der Waals surface area (Å²) in [6.45, 7) is 14.5. The van der Waals surface area contributed by atoms with E-state index in [9.17, 15) is 0 Å². The molecular formula is C16H22S. The Hall–Kier alpha value is -0.950. The summed E-state index contributed by atoms with van der Waals surface area (Å²) < 4.78 is 0. The van der Waals surface area contributed by atoms with E-state index in [4.69, 9.17) is 0 Å². The van der Waals surface area contributed by atoms with E-state index in [0.29, 0.717) is 0 Å². The molecule has 0 fully saturated rings. The van der Waals surface area contributed by atoms with Crippen molar-refractivity contribution < 1.29 is 0 Å². The minimum atomic E-state index is 0.977. The van der Waals surface area contributed by atoms with Gasteiger partial charge in [0.2, 0.25) is 0 Å². The molecule has 0 aliphatic heterocycles. The summed E-state index contributed by atoms with van der Waals surface area (Å²) in [5, 5.41) is 0. The van der Waals surface area contributed by atoms with E-state index in [0.717, 1.165) is 23.5 Å². The fraction of sp³-hybridized carbons (Fsp3) is 0.375. The fourth-order valence-electron chi connectivity index (χ4n) is 1.68. The Labute approximate surface area is 110 Å². The highest BCUT2D eigenvalue weighted by Crippen LogP contribution is 2.20. The third-order valence-electron chi connectivity index (χ3n) is 2.78. The van der Waals surface area contributed by atoms with Gasteiger partial charge in [-0.2, -0.15) is 0 Å². The van der Waals surface area contributed by atoms with Crippen LogP contribution in [-0.2, 0) is 12.8 Å². The van der Waals surface area contributed by atoms with E-state index in [1.807, 2.05) is 6.92 Å². The highest BCUT2D eigenvalue weighted by atomic mass is 32.2. The maximum atomic E-state index is 4.16. The maximum Gasteiger partial charge on any atom is 0.0187 e.